The quantitative estimate of drug-likeness (QED) is 0.0212. The summed E-state index contributed by atoms with van der Waals surface area (Å²) in [5.41, 5.74) is 0.610. The summed E-state index contributed by atoms with van der Waals surface area (Å²) in [6.45, 7) is 2.20. The van der Waals surface area contributed by atoms with E-state index in [-0.39, 0.29) is 29.7 Å². The number of anilines is 1. The van der Waals surface area contributed by atoms with Crippen molar-refractivity contribution in [1.82, 2.24) is 15.6 Å². The SMILES string of the molecule is CCCCCCCC/C=C\CCCCCCCCO[C@H]1O[C@H](COS(=O)(=O)O)[C@@H](O)[C@H](O)[C@H]1NC(=O)CCCCCNc1ccc([N+](=O)[O-])c2nonc12. The standard InChI is InChI=1S/C36H59N5O12S/c1-2-3-4-5-6-7-8-9-10-11-12-13-14-15-16-20-25-50-36-33(35(44)34(43)29(52-36)26-51-54(47,48)49)38-30(42)21-18-17-19-24-37-27-22-23-28(41(45)46)32-31(27)39-53-40-32/h9-10,22-23,29,33-37,43-44H,2-8,11-21,24-26H2,1H3,(H,38,42)(H,47,48,49)/b10-9-/t29-,33-,34-,35-,36+/m1/s1. The van der Waals surface area contributed by atoms with Gasteiger partial charge >= 0.3 is 16.1 Å². The maximum atomic E-state index is 12.9. The molecule has 17 nitrogen and oxygen atoms in total. The lowest BCUT2D eigenvalue weighted by Crippen LogP contribution is -2.65. The number of non-ortho nitro benzene ring substituents is 1. The summed E-state index contributed by atoms with van der Waals surface area (Å²) in [4.78, 5) is 23.5. The molecule has 0 unspecified atom stereocenters. The highest BCUT2D eigenvalue weighted by Crippen LogP contribution is 2.29. The lowest BCUT2D eigenvalue weighted by atomic mass is 9.96. The van der Waals surface area contributed by atoms with Gasteiger partial charge in [-0.2, -0.15) is 8.42 Å². The van der Waals surface area contributed by atoms with Gasteiger partial charge in [-0.25, -0.2) is 8.81 Å². The van der Waals surface area contributed by atoms with E-state index in [4.69, 9.17) is 14.0 Å². The predicted octanol–water partition coefficient (Wildman–Crippen LogP) is 5.91. The van der Waals surface area contributed by atoms with Gasteiger partial charge in [0, 0.05) is 25.6 Å². The number of hydrogen-bond acceptors (Lipinski definition) is 14. The van der Waals surface area contributed by atoms with E-state index in [1.165, 1.54) is 50.7 Å². The number of aliphatic hydroxyl groups excluding tert-OH is 2. The number of nitro groups is 1. The minimum absolute atomic E-state index is 0.0447. The number of rotatable bonds is 29. The van der Waals surface area contributed by atoms with Crippen LogP contribution in [0.2, 0.25) is 0 Å². The third kappa shape index (κ3) is 16.6. The van der Waals surface area contributed by atoms with Crippen LogP contribution in [0.4, 0.5) is 11.4 Å². The lowest BCUT2D eigenvalue weighted by Gasteiger charge is -2.42. The number of amides is 1. The van der Waals surface area contributed by atoms with Crippen LogP contribution < -0.4 is 10.6 Å². The molecule has 1 aromatic heterocycles. The first-order valence-electron chi connectivity index (χ1n) is 19.3. The van der Waals surface area contributed by atoms with E-state index in [0.29, 0.717) is 37.9 Å². The predicted molar refractivity (Wildman–Crippen MR) is 201 cm³/mol. The van der Waals surface area contributed by atoms with Crippen LogP contribution in [0.3, 0.4) is 0 Å². The topological polar surface area (TPSA) is 246 Å². The highest BCUT2D eigenvalue weighted by molar-refractivity contribution is 7.80. The van der Waals surface area contributed by atoms with Crippen LogP contribution in [0.15, 0.2) is 28.9 Å². The van der Waals surface area contributed by atoms with Crippen LogP contribution >= 0.6 is 0 Å². The molecule has 54 heavy (non-hydrogen) atoms. The molecule has 5 N–H and O–H groups in total. The van der Waals surface area contributed by atoms with Crippen LogP contribution in [-0.2, 0) is 28.9 Å². The first kappa shape index (κ1) is 45.1. The molecular weight excluding hydrogens is 726 g/mol. The summed E-state index contributed by atoms with van der Waals surface area (Å²) in [7, 11) is -4.83. The first-order chi connectivity index (χ1) is 26.0. The second-order valence-corrected chi connectivity index (χ2v) is 14.8. The highest BCUT2D eigenvalue weighted by atomic mass is 32.3. The van der Waals surface area contributed by atoms with Gasteiger partial charge in [-0.1, -0.05) is 83.3 Å². The Morgan fingerprint density at radius 3 is 2.20 bits per heavy atom. The van der Waals surface area contributed by atoms with Crippen molar-refractivity contribution < 1.29 is 51.2 Å². The number of carbonyl (C=O) groups excluding carboxylic acids is 1. The second kappa shape index (κ2) is 25.0. The molecule has 3 rings (SSSR count). The molecular formula is C36H59N5O12S. The fourth-order valence-corrected chi connectivity index (χ4v) is 6.59. The minimum Gasteiger partial charge on any atom is -0.388 e. The van der Waals surface area contributed by atoms with Gasteiger partial charge in [0.1, 0.15) is 24.4 Å². The zero-order chi connectivity index (χ0) is 39.2. The highest BCUT2D eigenvalue weighted by Gasteiger charge is 2.46. The largest absolute Gasteiger partial charge is 0.397 e. The van der Waals surface area contributed by atoms with E-state index >= 15 is 0 Å². The molecule has 306 valence electrons. The van der Waals surface area contributed by atoms with Crippen molar-refractivity contribution in [2.75, 3.05) is 25.1 Å². The summed E-state index contributed by atoms with van der Waals surface area (Å²) < 4.78 is 51.9. The number of aliphatic hydroxyl groups is 2. The van der Waals surface area contributed by atoms with Crippen molar-refractivity contribution in [2.24, 2.45) is 0 Å². The number of carbonyl (C=O) groups is 1. The fraction of sp³-hybridized carbons (Fsp3) is 0.750. The van der Waals surface area contributed by atoms with Crippen LogP contribution in [0, 0.1) is 10.1 Å². The van der Waals surface area contributed by atoms with E-state index in [9.17, 15) is 33.5 Å². The number of allylic oxidation sites excluding steroid dienone is 2. The Kier molecular flexibility index (Phi) is 20.9. The molecule has 18 heteroatoms. The van der Waals surface area contributed by atoms with Crippen molar-refractivity contribution >= 4 is 38.7 Å². The molecule has 1 aromatic carbocycles. The number of hydrogen-bond donors (Lipinski definition) is 5. The van der Waals surface area contributed by atoms with Gasteiger partial charge < -0.3 is 30.3 Å². The Morgan fingerprint density at radius 1 is 0.907 bits per heavy atom. The number of ether oxygens (including phenoxy) is 2. The van der Waals surface area contributed by atoms with Crippen LogP contribution in [0.1, 0.15) is 122 Å². The van der Waals surface area contributed by atoms with Gasteiger partial charge in [-0.3, -0.25) is 19.5 Å². The normalized spacial score (nSPS) is 20.5. The zero-order valence-corrected chi connectivity index (χ0v) is 32.1. The van der Waals surface area contributed by atoms with E-state index in [1.54, 1.807) is 0 Å². The van der Waals surface area contributed by atoms with Gasteiger partial charge in [0.2, 0.25) is 11.4 Å². The smallest absolute Gasteiger partial charge is 0.388 e. The number of benzene rings is 1. The summed E-state index contributed by atoms with van der Waals surface area (Å²) in [5.74, 6) is -0.410. The lowest BCUT2D eigenvalue weighted by molar-refractivity contribution is -0.383. The van der Waals surface area contributed by atoms with Crippen molar-refractivity contribution in [3.05, 3.63) is 34.4 Å². The number of nitrogens with one attached hydrogen (secondary N) is 2. The average molecular weight is 786 g/mol. The second-order valence-electron chi connectivity index (χ2n) is 13.7. The molecule has 0 radical (unpaired) electrons. The van der Waals surface area contributed by atoms with E-state index in [1.807, 2.05) is 0 Å². The third-order valence-electron chi connectivity index (χ3n) is 9.33. The summed E-state index contributed by atoms with van der Waals surface area (Å²) >= 11 is 0. The minimum atomic E-state index is -4.83. The van der Waals surface area contributed by atoms with Crippen molar-refractivity contribution in [1.29, 1.82) is 0 Å². The number of unbranched alkanes of at least 4 members (excludes halogenated alkanes) is 14. The number of fused-ring (bicyclic) bond motifs is 1. The summed E-state index contributed by atoms with van der Waals surface area (Å²) in [6, 6.07) is 1.70. The molecule has 1 saturated heterocycles. The average Bonchev–Trinajstić information content (AvgIpc) is 3.63. The molecule has 2 aromatic rings. The monoisotopic (exact) mass is 785 g/mol. The molecule has 1 aliphatic rings. The maximum absolute atomic E-state index is 12.9. The van der Waals surface area contributed by atoms with E-state index in [2.05, 4.69) is 48.8 Å². The van der Waals surface area contributed by atoms with Gasteiger partial charge in [0.25, 0.3) is 0 Å². The van der Waals surface area contributed by atoms with Crippen molar-refractivity contribution in [3.8, 4) is 0 Å². The van der Waals surface area contributed by atoms with Crippen molar-refractivity contribution in [2.45, 2.75) is 153 Å². The van der Waals surface area contributed by atoms with Crippen LogP contribution in [0.5, 0.6) is 0 Å². The molecule has 0 aliphatic carbocycles. The Morgan fingerprint density at radius 2 is 1.54 bits per heavy atom. The van der Waals surface area contributed by atoms with Crippen molar-refractivity contribution in [3.63, 3.8) is 0 Å². The Labute approximate surface area is 317 Å². The number of aromatic nitrogens is 2. The molecule has 0 saturated carbocycles. The Balaban J connectivity index is 1.36. The summed E-state index contributed by atoms with van der Waals surface area (Å²) in [6.07, 6.45) is 16.8. The van der Waals surface area contributed by atoms with Gasteiger partial charge in [-0.15, -0.1) is 0 Å². The third-order valence-corrected chi connectivity index (χ3v) is 9.77. The molecule has 2 heterocycles. The van der Waals surface area contributed by atoms with E-state index in [0.717, 1.165) is 44.9 Å². The molecule has 5 atom stereocenters. The Hall–Kier alpha value is -3.26. The summed E-state index contributed by atoms with van der Waals surface area (Å²) in [5, 5.41) is 45.9. The zero-order valence-electron chi connectivity index (χ0n) is 31.3. The first-order valence-corrected chi connectivity index (χ1v) is 20.7. The number of nitro benzene ring substituents is 1. The maximum Gasteiger partial charge on any atom is 0.397 e. The molecule has 0 spiro atoms. The van der Waals surface area contributed by atoms with Gasteiger partial charge in [-0.05, 0) is 61.3 Å². The molecule has 1 amide bonds. The number of nitrogens with zero attached hydrogens (tertiary/aromatic N) is 3. The van der Waals surface area contributed by atoms with Crippen LogP contribution in [-0.4, -0.2) is 94.7 Å². The molecule has 0 bridgehead atoms. The van der Waals surface area contributed by atoms with Gasteiger partial charge in [0.05, 0.1) is 17.2 Å². The van der Waals surface area contributed by atoms with E-state index < -0.39 is 58.5 Å². The fourth-order valence-electron chi connectivity index (χ4n) is 6.28. The molecule has 1 fully saturated rings. The van der Waals surface area contributed by atoms with Crippen LogP contribution in [0.25, 0.3) is 11.0 Å². The Bertz CT molecular complexity index is 1520. The molecule has 1 aliphatic heterocycles. The van der Waals surface area contributed by atoms with Gasteiger partial charge in [0.15, 0.2) is 11.8 Å².